The zero-order chi connectivity index (χ0) is 21.3. The third-order valence-corrected chi connectivity index (χ3v) is 5.19. The third kappa shape index (κ3) is 5.22. The van der Waals surface area contributed by atoms with E-state index in [-0.39, 0.29) is 27.4 Å². The number of ketones is 1. The van der Waals surface area contributed by atoms with Crippen molar-refractivity contribution in [2.45, 2.75) is 31.5 Å². The number of esters is 1. The SMILES string of the molecule is Cc1cc(C(=O)COC(=O)c2ccc(S(C)(=O)=O)cc2)c(C)n1CC(F)(F)F. The van der Waals surface area contributed by atoms with E-state index in [0.717, 1.165) is 10.8 Å². The lowest BCUT2D eigenvalue weighted by Crippen LogP contribution is -2.20. The summed E-state index contributed by atoms with van der Waals surface area (Å²) in [4.78, 5) is 24.3. The maximum Gasteiger partial charge on any atom is 0.406 e. The van der Waals surface area contributed by atoms with E-state index in [4.69, 9.17) is 4.74 Å². The number of alkyl halides is 3. The van der Waals surface area contributed by atoms with Crippen LogP contribution in [-0.4, -0.2) is 43.8 Å². The number of Topliss-reactive ketones (excluding diaryl/α,β-unsaturated/α-hetero) is 1. The van der Waals surface area contributed by atoms with E-state index < -0.39 is 40.9 Å². The standard InChI is InChI=1S/C18H18F3NO5S/c1-11-8-15(12(2)22(11)10-18(19,20)21)16(23)9-27-17(24)13-4-6-14(7-5-13)28(3,25)26/h4-8H,9-10H2,1-3H3. The van der Waals surface area contributed by atoms with Gasteiger partial charge in [0.2, 0.25) is 5.78 Å². The van der Waals surface area contributed by atoms with E-state index in [1.54, 1.807) is 0 Å². The van der Waals surface area contributed by atoms with E-state index >= 15 is 0 Å². The largest absolute Gasteiger partial charge is 0.454 e. The van der Waals surface area contributed by atoms with Crippen molar-refractivity contribution in [1.82, 2.24) is 4.57 Å². The van der Waals surface area contributed by atoms with Gasteiger partial charge in [-0.25, -0.2) is 13.2 Å². The Bertz CT molecular complexity index is 1010. The molecule has 152 valence electrons. The van der Waals surface area contributed by atoms with Gasteiger partial charge in [-0.1, -0.05) is 0 Å². The second-order valence-corrected chi connectivity index (χ2v) is 8.30. The maximum atomic E-state index is 12.6. The summed E-state index contributed by atoms with van der Waals surface area (Å²) in [6, 6.07) is 6.28. The molecule has 1 aromatic heterocycles. The van der Waals surface area contributed by atoms with Crippen molar-refractivity contribution >= 4 is 21.6 Å². The van der Waals surface area contributed by atoms with Crippen LogP contribution in [-0.2, 0) is 21.1 Å². The summed E-state index contributed by atoms with van der Waals surface area (Å²) in [7, 11) is -3.42. The number of ether oxygens (including phenoxy) is 1. The second-order valence-electron chi connectivity index (χ2n) is 6.28. The first kappa shape index (κ1) is 21.7. The van der Waals surface area contributed by atoms with Gasteiger partial charge < -0.3 is 9.30 Å². The van der Waals surface area contributed by atoms with Gasteiger partial charge in [0.05, 0.1) is 10.5 Å². The highest BCUT2D eigenvalue weighted by Crippen LogP contribution is 2.23. The van der Waals surface area contributed by atoms with E-state index in [1.807, 2.05) is 0 Å². The number of rotatable bonds is 6. The summed E-state index contributed by atoms with van der Waals surface area (Å²) in [5.41, 5.74) is 0.485. The summed E-state index contributed by atoms with van der Waals surface area (Å²) in [5.74, 6) is -1.49. The first-order chi connectivity index (χ1) is 12.8. The molecule has 1 aromatic carbocycles. The minimum Gasteiger partial charge on any atom is -0.454 e. The quantitative estimate of drug-likeness (QED) is 0.533. The number of aryl methyl sites for hydroxylation is 1. The van der Waals surface area contributed by atoms with Gasteiger partial charge >= 0.3 is 12.1 Å². The lowest BCUT2D eigenvalue weighted by molar-refractivity contribution is -0.141. The molecule has 0 atom stereocenters. The number of hydrogen-bond donors (Lipinski definition) is 0. The zero-order valence-corrected chi connectivity index (χ0v) is 16.1. The van der Waals surface area contributed by atoms with E-state index in [1.165, 1.54) is 44.2 Å². The molecule has 0 aliphatic rings. The van der Waals surface area contributed by atoms with Crippen LogP contribution >= 0.6 is 0 Å². The lowest BCUT2D eigenvalue weighted by Gasteiger charge is -2.12. The Morgan fingerprint density at radius 3 is 2.18 bits per heavy atom. The van der Waals surface area contributed by atoms with Crippen LogP contribution < -0.4 is 0 Å². The van der Waals surface area contributed by atoms with Crippen molar-refractivity contribution in [2.24, 2.45) is 0 Å². The van der Waals surface area contributed by atoms with E-state index in [2.05, 4.69) is 0 Å². The van der Waals surface area contributed by atoms with E-state index in [9.17, 15) is 31.2 Å². The van der Waals surface area contributed by atoms with Crippen LogP contribution in [0.4, 0.5) is 13.2 Å². The van der Waals surface area contributed by atoms with Gasteiger partial charge in [0, 0.05) is 23.2 Å². The summed E-state index contributed by atoms with van der Waals surface area (Å²) < 4.78 is 66.6. The highest BCUT2D eigenvalue weighted by molar-refractivity contribution is 7.90. The molecule has 0 saturated carbocycles. The third-order valence-electron chi connectivity index (χ3n) is 4.06. The highest BCUT2D eigenvalue weighted by atomic mass is 32.2. The monoisotopic (exact) mass is 417 g/mol. The molecule has 0 fully saturated rings. The van der Waals surface area contributed by atoms with Crippen molar-refractivity contribution in [1.29, 1.82) is 0 Å². The first-order valence-corrected chi connectivity index (χ1v) is 9.92. The van der Waals surface area contributed by atoms with Crippen molar-refractivity contribution in [3.05, 3.63) is 52.8 Å². The van der Waals surface area contributed by atoms with Crippen LogP contribution in [0.25, 0.3) is 0 Å². The van der Waals surface area contributed by atoms with Gasteiger partial charge in [0.25, 0.3) is 0 Å². The Labute approximate surface area is 159 Å². The average Bonchev–Trinajstić information content (AvgIpc) is 2.85. The number of halogens is 3. The number of hydrogen-bond acceptors (Lipinski definition) is 5. The van der Waals surface area contributed by atoms with Crippen LogP contribution in [0.15, 0.2) is 35.2 Å². The Kier molecular flexibility index (Phi) is 6.03. The van der Waals surface area contributed by atoms with Gasteiger partial charge in [-0.3, -0.25) is 4.79 Å². The normalized spacial score (nSPS) is 12.1. The number of aromatic nitrogens is 1. The van der Waals surface area contributed by atoms with E-state index in [0.29, 0.717) is 0 Å². The van der Waals surface area contributed by atoms with Crippen LogP contribution in [0.5, 0.6) is 0 Å². The predicted octanol–water partition coefficient (Wildman–Crippen LogP) is 3.11. The smallest absolute Gasteiger partial charge is 0.406 e. The van der Waals surface area contributed by atoms with Gasteiger partial charge in [-0.15, -0.1) is 0 Å². The molecule has 28 heavy (non-hydrogen) atoms. The lowest BCUT2D eigenvalue weighted by atomic mass is 10.1. The highest BCUT2D eigenvalue weighted by Gasteiger charge is 2.30. The Morgan fingerprint density at radius 1 is 1.11 bits per heavy atom. The topological polar surface area (TPSA) is 82.4 Å². The number of carbonyl (C=O) groups excluding carboxylic acids is 2. The molecule has 0 amide bonds. The molecule has 0 aliphatic carbocycles. The minimum atomic E-state index is -4.43. The zero-order valence-electron chi connectivity index (χ0n) is 15.3. The number of carbonyl (C=O) groups is 2. The van der Waals surface area contributed by atoms with Crippen molar-refractivity contribution in [3.63, 3.8) is 0 Å². The fourth-order valence-corrected chi connectivity index (χ4v) is 3.27. The van der Waals surface area contributed by atoms with Crippen molar-refractivity contribution in [3.8, 4) is 0 Å². The fraction of sp³-hybridized carbons (Fsp3) is 0.333. The molecule has 2 aromatic rings. The van der Waals surface area contributed by atoms with Gasteiger partial charge in [-0.05, 0) is 44.2 Å². The van der Waals surface area contributed by atoms with Crippen molar-refractivity contribution in [2.75, 3.05) is 12.9 Å². The molecule has 10 heteroatoms. The molecule has 0 spiro atoms. The maximum absolute atomic E-state index is 12.6. The van der Waals surface area contributed by atoms with Crippen LogP contribution in [0.2, 0.25) is 0 Å². The summed E-state index contributed by atoms with van der Waals surface area (Å²) >= 11 is 0. The second kappa shape index (κ2) is 7.78. The predicted molar refractivity (Wildman–Crippen MR) is 94.1 cm³/mol. The molecule has 6 nitrogen and oxygen atoms in total. The van der Waals surface area contributed by atoms with Crippen molar-refractivity contribution < 1.29 is 35.9 Å². The Balaban J connectivity index is 2.08. The molecule has 0 saturated heterocycles. The molecule has 2 rings (SSSR count). The fourth-order valence-electron chi connectivity index (χ4n) is 2.64. The Hall–Kier alpha value is -2.62. The summed E-state index contributed by atoms with van der Waals surface area (Å²) in [5, 5.41) is 0. The molecule has 0 N–H and O–H groups in total. The Morgan fingerprint density at radius 2 is 1.68 bits per heavy atom. The summed E-state index contributed by atoms with van der Waals surface area (Å²) in [6.07, 6.45) is -3.41. The van der Waals surface area contributed by atoms with Gasteiger partial charge in [-0.2, -0.15) is 13.2 Å². The first-order valence-electron chi connectivity index (χ1n) is 8.03. The van der Waals surface area contributed by atoms with Crippen LogP contribution in [0.1, 0.15) is 32.1 Å². The van der Waals surface area contributed by atoms with Gasteiger partial charge in [0.1, 0.15) is 6.54 Å². The minimum absolute atomic E-state index is 0.0252. The number of nitrogens with zero attached hydrogens (tertiary/aromatic N) is 1. The number of sulfone groups is 1. The van der Waals surface area contributed by atoms with Gasteiger partial charge in [0.15, 0.2) is 16.4 Å². The average molecular weight is 417 g/mol. The molecule has 0 radical (unpaired) electrons. The molecule has 0 aliphatic heterocycles. The molecular weight excluding hydrogens is 399 g/mol. The molecule has 0 unspecified atom stereocenters. The molecule has 1 heterocycles. The van der Waals surface area contributed by atoms with Crippen LogP contribution in [0, 0.1) is 13.8 Å². The number of benzene rings is 1. The van der Waals surface area contributed by atoms with Crippen LogP contribution in [0.3, 0.4) is 0 Å². The molecular formula is C18H18F3NO5S. The molecule has 0 bridgehead atoms. The summed E-state index contributed by atoms with van der Waals surface area (Å²) in [6.45, 7) is 0.968.